The van der Waals surface area contributed by atoms with Gasteiger partial charge in [0.1, 0.15) is 0 Å². The van der Waals surface area contributed by atoms with Crippen molar-refractivity contribution in [3.63, 3.8) is 0 Å². The van der Waals surface area contributed by atoms with Crippen LogP contribution in [0.2, 0.25) is 0 Å². The van der Waals surface area contributed by atoms with Crippen LogP contribution >= 0.6 is 0 Å². The number of nitrogens with two attached hydrogens (primary N) is 1. The van der Waals surface area contributed by atoms with Gasteiger partial charge in [-0.3, -0.25) is 0 Å². The van der Waals surface area contributed by atoms with Crippen LogP contribution < -0.4 is 5.73 Å². The maximum atomic E-state index is 9.56. The SMILES string of the molecule is NC(=O)OC=NO. The number of carbonyl (C=O) groups excluding carboxylic acids is 1. The maximum Gasteiger partial charge on any atom is 0.410 e. The fourth-order valence-electron chi connectivity index (χ4n) is 0.0755. The first kappa shape index (κ1) is 5.74. The number of rotatable bonds is 1. The van der Waals surface area contributed by atoms with Crippen LogP contribution in [-0.2, 0) is 4.74 Å². The summed E-state index contributed by atoms with van der Waals surface area (Å²) in [6.07, 6.45) is -0.472. The van der Waals surface area contributed by atoms with Crippen LogP contribution in [0, 0.1) is 0 Å². The summed E-state index contributed by atoms with van der Waals surface area (Å²) < 4.78 is 3.79. The van der Waals surface area contributed by atoms with Gasteiger partial charge < -0.3 is 15.7 Å². The molecule has 0 bridgehead atoms. The molecule has 3 N–H and O–H groups in total. The molecule has 0 atom stereocenters. The summed E-state index contributed by atoms with van der Waals surface area (Å²) in [5, 5.41) is 9.88. The van der Waals surface area contributed by atoms with E-state index in [0.29, 0.717) is 6.40 Å². The number of primary amides is 1. The first-order chi connectivity index (χ1) is 3.27. The fraction of sp³-hybridized carbons (Fsp3) is 0. The van der Waals surface area contributed by atoms with Gasteiger partial charge in [0.2, 0.25) is 6.40 Å². The number of carbonyl (C=O) groups is 1. The van der Waals surface area contributed by atoms with Gasteiger partial charge in [-0.05, 0) is 0 Å². The molecule has 0 rings (SSSR count). The van der Waals surface area contributed by atoms with Gasteiger partial charge >= 0.3 is 6.09 Å². The lowest BCUT2D eigenvalue weighted by Crippen LogP contribution is -2.11. The van der Waals surface area contributed by atoms with E-state index in [2.05, 4.69) is 15.6 Å². The van der Waals surface area contributed by atoms with Gasteiger partial charge in [-0.1, -0.05) is 5.16 Å². The van der Waals surface area contributed by atoms with E-state index in [0.717, 1.165) is 0 Å². The molecule has 0 fully saturated rings. The standard InChI is InChI=1S/C2H4N2O3/c3-2(5)7-1-4-6/h1,6H,(H2,3,5). The lowest BCUT2D eigenvalue weighted by molar-refractivity contribution is 0.206. The van der Waals surface area contributed by atoms with Crippen molar-refractivity contribution in [1.29, 1.82) is 0 Å². The summed E-state index contributed by atoms with van der Waals surface area (Å²) in [6, 6.07) is 0. The first-order valence-corrected chi connectivity index (χ1v) is 1.39. The number of hydrogen-bond acceptors (Lipinski definition) is 4. The minimum Gasteiger partial charge on any atom is -0.408 e. The molecule has 7 heavy (non-hydrogen) atoms. The summed E-state index contributed by atoms with van der Waals surface area (Å²) in [5.74, 6) is 0. The van der Waals surface area contributed by atoms with Gasteiger partial charge in [-0.2, -0.15) is 0 Å². The molecule has 0 saturated heterocycles. The van der Waals surface area contributed by atoms with Crippen molar-refractivity contribution in [2.24, 2.45) is 10.9 Å². The molecule has 1 amide bonds. The third-order valence-corrected chi connectivity index (χ3v) is 0.216. The molecule has 40 valence electrons. The molecule has 0 heterocycles. The van der Waals surface area contributed by atoms with Gasteiger partial charge in [-0.15, -0.1) is 0 Å². The van der Waals surface area contributed by atoms with E-state index < -0.39 is 6.09 Å². The Kier molecular flexibility index (Phi) is 2.42. The Bertz CT molecular complexity index is 88.9. The second-order valence-corrected chi connectivity index (χ2v) is 0.658. The lowest BCUT2D eigenvalue weighted by atomic mass is 11.2. The minimum atomic E-state index is -1.00. The highest BCUT2D eigenvalue weighted by Gasteiger charge is 1.83. The Balaban J connectivity index is 3.14. The van der Waals surface area contributed by atoms with Crippen LogP contribution in [0.4, 0.5) is 4.79 Å². The minimum absolute atomic E-state index is 0.530. The normalized spacial score (nSPS) is 9.14. The quantitative estimate of drug-likeness (QED) is 0.203. The topological polar surface area (TPSA) is 84.9 Å². The highest BCUT2D eigenvalue weighted by atomic mass is 16.6. The van der Waals surface area contributed by atoms with E-state index in [4.69, 9.17) is 5.21 Å². The van der Waals surface area contributed by atoms with Crippen molar-refractivity contribution in [2.45, 2.75) is 0 Å². The average molecular weight is 104 g/mol. The smallest absolute Gasteiger partial charge is 0.408 e. The molecule has 0 aliphatic carbocycles. The number of ether oxygens (including phenoxy) is 1. The molecule has 0 saturated carbocycles. The number of amides is 1. The van der Waals surface area contributed by atoms with Gasteiger partial charge in [-0.25, -0.2) is 4.79 Å². The second kappa shape index (κ2) is 2.95. The predicted molar refractivity (Wildman–Crippen MR) is 20.9 cm³/mol. The predicted octanol–water partition coefficient (Wildman–Crippen LogP) is -0.501. The van der Waals surface area contributed by atoms with Crippen LogP contribution in [0.3, 0.4) is 0 Å². The average Bonchev–Trinajstić information content (AvgIpc) is 1.61. The van der Waals surface area contributed by atoms with E-state index in [1.165, 1.54) is 0 Å². The van der Waals surface area contributed by atoms with Crippen LogP contribution in [0.25, 0.3) is 0 Å². The zero-order valence-corrected chi connectivity index (χ0v) is 3.37. The summed E-state index contributed by atoms with van der Waals surface area (Å²) in [7, 11) is 0. The maximum absolute atomic E-state index is 9.56. The van der Waals surface area contributed by atoms with Crippen molar-refractivity contribution in [3.05, 3.63) is 0 Å². The van der Waals surface area contributed by atoms with Crippen molar-refractivity contribution < 1.29 is 14.7 Å². The van der Waals surface area contributed by atoms with E-state index in [1.807, 2.05) is 0 Å². The van der Waals surface area contributed by atoms with Crippen molar-refractivity contribution in [1.82, 2.24) is 0 Å². The Morgan fingerprint density at radius 3 is 2.71 bits per heavy atom. The van der Waals surface area contributed by atoms with Gasteiger partial charge in [0.25, 0.3) is 0 Å². The van der Waals surface area contributed by atoms with Crippen LogP contribution in [-0.4, -0.2) is 17.7 Å². The summed E-state index contributed by atoms with van der Waals surface area (Å²) >= 11 is 0. The van der Waals surface area contributed by atoms with Crippen molar-refractivity contribution in [3.8, 4) is 0 Å². The second-order valence-electron chi connectivity index (χ2n) is 0.658. The first-order valence-electron chi connectivity index (χ1n) is 1.39. The molecule has 0 radical (unpaired) electrons. The van der Waals surface area contributed by atoms with E-state index >= 15 is 0 Å². The van der Waals surface area contributed by atoms with Gasteiger partial charge in [0.15, 0.2) is 0 Å². The van der Waals surface area contributed by atoms with Crippen LogP contribution in [0.5, 0.6) is 0 Å². The third-order valence-electron chi connectivity index (χ3n) is 0.216. The number of nitrogens with zero attached hydrogens (tertiary/aromatic N) is 1. The zero-order chi connectivity index (χ0) is 5.70. The zero-order valence-electron chi connectivity index (χ0n) is 3.37. The summed E-state index contributed by atoms with van der Waals surface area (Å²) in [6.45, 7) is 0. The molecule has 0 aromatic heterocycles. The monoisotopic (exact) mass is 104 g/mol. The highest BCUT2D eigenvalue weighted by molar-refractivity contribution is 5.74. The van der Waals surface area contributed by atoms with Gasteiger partial charge in [0.05, 0.1) is 0 Å². The Labute approximate surface area is 39.4 Å². The highest BCUT2D eigenvalue weighted by Crippen LogP contribution is 1.62. The Morgan fingerprint density at radius 2 is 2.57 bits per heavy atom. The lowest BCUT2D eigenvalue weighted by Gasteiger charge is -1.83. The van der Waals surface area contributed by atoms with Crippen molar-refractivity contribution >= 4 is 12.5 Å². The van der Waals surface area contributed by atoms with E-state index in [1.54, 1.807) is 0 Å². The molecule has 0 aliphatic rings. The molecule has 0 aromatic carbocycles. The van der Waals surface area contributed by atoms with Crippen LogP contribution in [0.15, 0.2) is 5.16 Å². The Hall–Kier alpha value is -1.26. The molecule has 5 nitrogen and oxygen atoms in total. The third kappa shape index (κ3) is 4.74. The van der Waals surface area contributed by atoms with Crippen molar-refractivity contribution in [2.75, 3.05) is 0 Å². The Morgan fingerprint density at radius 1 is 2.00 bits per heavy atom. The molecule has 0 aromatic rings. The molecule has 0 spiro atoms. The number of oxime groups is 1. The van der Waals surface area contributed by atoms with E-state index in [-0.39, 0.29) is 0 Å². The molecule has 0 aliphatic heterocycles. The number of hydrogen-bond donors (Lipinski definition) is 2. The van der Waals surface area contributed by atoms with E-state index in [9.17, 15) is 4.79 Å². The largest absolute Gasteiger partial charge is 0.410 e. The fourth-order valence-corrected chi connectivity index (χ4v) is 0.0755. The molecule has 5 heteroatoms. The van der Waals surface area contributed by atoms with Crippen LogP contribution in [0.1, 0.15) is 0 Å². The molecular formula is C2H4N2O3. The molecule has 0 unspecified atom stereocenters. The summed E-state index contributed by atoms with van der Waals surface area (Å²) in [4.78, 5) is 9.56. The molecular weight excluding hydrogens is 100 g/mol. The summed E-state index contributed by atoms with van der Waals surface area (Å²) in [5.41, 5.74) is 4.42. The van der Waals surface area contributed by atoms with Gasteiger partial charge in [0, 0.05) is 0 Å².